The topological polar surface area (TPSA) is 61.7 Å². The van der Waals surface area contributed by atoms with Crippen LogP contribution in [0.3, 0.4) is 0 Å². The van der Waals surface area contributed by atoms with Crippen molar-refractivity contribution in [3.8, 4) is 0 Å². The van der Waals surface area contributed by atoms with Gasteiger partial charge in [-0.15, -0.1) is 0 Å². The molecular weight excluding hydrogens is 390 g/mol. The Morgan fingerprint density at radius 3 is 2.55 bits per heavy atom. The molecule has 3 aliphatic rings. The van der Waals surface area contributed by atoms with E-state index in [9.17, 15) is 0 Å². The minimum Gasteiger partial charge on any atom is -0.378 e. The second kappa shape index (κ2) is 9.71. The van der Waals surface area contributed by atoms with Crippen molar-refractivity contribution in [3.63, 3.8) is 0 Å². The Morgan fingerprint density at radius 1 is 1.00 bits per heavy atom. The van der Waals surface area contributed by atoms with Gasteiger partial charge in [0, 0.05) is 31.9 Å². The Morgan fingerprint density at radius 2 is 1.77 bits per heavy atom. The number of hydrogen-bond acceptors (Lipinski definition) is 7. The molecule has 0 atom stereocenters. The number of aryl methyl sites for hydroxylation is 1. The molecule has 2 aromatic rings. The molecule has 3 aliphatic heterocycles. The highest BCUT2D eigenvalue weighted by Gasteiger charge is 2.22. The largest absolute Gasteiger partial charge is 0.378 e. The van der Waals surface area contributed by atoms with Gasteiger partial charge < -0.3 is 29.3 Å². The van der Waals surface area contributed by atoms with Crippen LogP contribution in [0, 0.1) is 0 Å². The molecule has 0 radical (unpaired) electrons. The maximum atomic E-state index is 5.55. The molecule has 8 nitrogen and oxygen atoms in total. The predicted molar refractivity (Wildman–Crippen MR) is 125 cm³/mol. The first-order valence-corrected chi connectivity index (χ1v) is 12.1. The van der Waals surface area contributed by atoms with Crippen LogP contribution in [-0.2, 0) is 11.3 Å². The predicted octanol–water partition coefficient (Wildman–Crippen LogP) is 2.26. The summed E-state index contributed by atoms with van der Waals surface area (Å²) in [5, 5.41) is 4.93. The number of hydrogen-bond donors (Lipinski definition) is 1. The van der Waals surface area contributed by atoms with Gasteiger partial charge >= 0.3 is 0 Å². The Hall–Kier alpha value is -1.90. The van der Waals surface area contributed by atoms with Crippen molar-refractivity contribution in [1.29, 1.82) is 0 Å². The fraction of sp³-hybridized carbons (Fsp3) is 0.739. The first-order chi connectivity index (χ1) is 15.3. The number of ether oxygens (including phenoxy) is 1. The molecule has 0 aromatic carbocycles. The molecule has 0 saturated carbocycles. The molecule has 2 aromatic heterocycles. The van der Waals surface area contributed by atoms with Crippen LogP contribution in [0.25, 0.3) is 11.0 Å². The summed E-state index contributed by atoms with van der Waals surface area (Å²) in [4.78, 5) is 17.3. The zero-order valence-electron chi connectivity index (χ0n) is 18.9. The van der Waals surface area contributed by atoms with Crippen molar-refractivity contribution >= 4 is 22.8 Å². The fourth-order valence-corrected chi connectivity index (χ4v) is 5.07. The monoisotopic (exact) mass is 427 g/mol. The third kappa shape index (κ3) is 4.96. The van der Waals surface area contributed by atoms with Crippen LogP contribution < -0.4 is 10.2 Å². The quantitative estimate of drug-likeness (QED) is 0.727. The standard InChI is InChI=1S/C23H37N7O/c1-27-12-5-19(6-13-27)24-21-20-7-14-29(11-4-10-28-8-2-3-9-28)22(20)26-23(25-21)30-15-17-31-18-16-30/h7,14,19H,2-6,8-13,15-18H2,1H3,(H,24,25,26). The van der Waals surface area contributed by atoms with Gasteiger partial charge in [0.1, 0.15) is 11.5 Å². The van der Waals surface area contributed by atoms with Crippen molar-refractivity contribution in [2.24, 2.45) is 0 Å². The average molecular weight is 428 g/mol. The van der Waals surface area contributed by atoms with Crippen LogP contribution >= 0.6 is 0 Å². The van der Waals surface area contributed by atoms with E-state index in [-0.39, 0.29) is 0 Å². The van der Waals surface area contributed by atoms with E-state index >= 15 is 0 Å². The second-order valence-corrected chi connectivity index (χ2v) is 9.34. The number of nitrogens with one attached hydrogen (secondary N) is 1. The molecule has 1 N–H and O–H groups in total. The van der Waals surface area contributed by atoms with Crippen molar-refractivity contribution in [1.82, 2.24) is 24.3 Å². The first kappa shape index (κ1) is 21.0. The molecule has 8 heteroatoms. The summed E-state index contributed by atoms with van der Waals surface area (Å²) in [6, 6.07) is 2.68. The molecule has 0 amide bonds. The average Bonchev–Trinajstić information content (AvgIpc) is 3.46. The lowest BCUT2D eigenvalue weighted by molar-refractivity contribution is 0.122. The van der Waals surface area contributed by atoms with E-state index in [2.05, 4.69) is 43.9 Å². The molecule has 5 heterocycles. The number of nitrogens with zero attached hydrogens (tertiary/aromatic N) is 6. The summed E-state index contributed by atoms with van der Waals surface area (Å²) in [7, 11) is 2.21. The van der Waals surface area contributed by atoms with E-state index in [1.54, 1.807) is 0 Å². The van der Waals surface area contributed by atoms with Crippen molar-refractivity contribution in [3.05, 3.63) is 12.3 Å². The van der Waals surface area contributed by atoms with Gasteiger partial charge in [0.05, 0.1) is 18.6 Å². The second-order valence-electron chi connectivity index (χ2n) is 9.34. The molecular formula is C23H37N7O. The maximum Gasteiger partial charge on any atom is 0.229 e. The minimum atomic E-state index is 0.477. The molecule has 170 valence electrons. The number of likely N-dealkylation sites (tertiary alicyclic amines) is 2. The van der Waals surface area contributed by atoms with Gasteiger partial charge in [-0.05, 0) is 77.9 Å². The number of aromatic nitrogens is 3. The van der Waals surface area contributed by atoms with E-state index in [4.69, 9.17) is 14.7 Å². The molecule has 0 aliphatic carbocycles. The zero-order chi connectivity index (χ0) is 21.0. The van der Waals surface area contributed by atoms with Gasteiger partial charge in [-0.1, -0.05) is 0 Å². The van der Waals surface area contributed by atoms with E-state index in [1.165, 1.54) is 38.9 Å². The van der Waals surface area contributed by atoms with Crippen LogP contribution in [0.15, 0.2) is 12.3 Å². The fourth-order valence-electron chi connectivity index (χ4n) is 5.07. The number of morpholine rings is 1. The molecule has 5 rings (SSSR count). The third-order valence-electron chi connectivity index (χ3n) is 7.03. The zero-order valence-corrected chi connectivity index (χ0v) is 18.9. The minimum absolute atomic E-state index is 0.477. The Kier molecular flexibility index (Phi) is 6.57. The van der Waals surface area contributed by atoms with E-state index < -0.39 is 0 Å². The van der Waals surface area contributed by atoms with E-state index in [0.29, 0.717) is 6.04 Å². The van der Waals surface area contributed by atoms with Crippen molar-refractivity contribution in [2.45, 2.75) is 44.7 Å². The third-order valence-corrected chi connectivity index (χ3v) is 7.03. The van der Waals surface area contributed by atoms with Crippen LogP contribution in [0.1, 0.15) is 32.1 Å². The summed E-state index contributed by atoms with van der Waals surface area (Å²) < 4.78 is 7.88. The molecule has 0 bridgehead atoms. The Bertz CT molecular complexity index is 849. The van der Waals surface area contributed by atoms with Crippen molar-refractivity contribution in [2.75, 3.05) is 76.3 Å². The number of rotatable bonds is 7. The highest BCUT2D eigenvalue weighted by atomic mass is 16.5. The summed E-state index contributed by atoms with van der Waals surface area (Å²) in [5.41, 5.74) is 1.06. The lowest BCUT2D eigenvalue weighted by atomic mass is 10.1. The van der Waals surface area contributed by atoms with Gasteiger partial charge in [0.2, 0.25) is 5.95 Å². The summed E-state index contributed by atoms with van der Waals surface area (Å²) in [6.45, 7) is 10.2. The lowest BCUT2D eigenvalue weighted by Crippen LogP contribution is -2.38. The van der Waals surface area contributed by atoms with Crippen LogP contribution in [0.2, 0.25) is 0 Å². The SMILES string of the molecule is CN1CCC(Nc2nc(N3CCOCC3)nc3c2ccn3CCCN2CCCC2)CC1. The molecule has 3 saturated heterocycles. The Labute approximate surface area is 185 Å². The molecule has 3 fully saturated rings. The highest BCUT2D eigenvalue weighted by molar-refractivity contribution is 5.89. The number of fused-ring (bicyclic) bond motifs is 1. The maximum absolute atomic E-state index is 5.55. The van der Waals surface area contributed by atoms with E-state index in [0.717, 1.165) is 81.6 Å². The summed E-state index contributed by atoms with van der Waals surface area (Å²) in [6.07, 6.45) is 8.39. The summed E-state index contributed by atoms with van der Waals surface area (Å²) >= 11 is 0. The smallest absolute Gasteiger partial charge is 0.229 e. The normalized spacial score (nSPS) is 21.9. The number of piperidine rings is 1. The van der Waals surface area contributed by atoms with Gasteiger partial charge in [-0.25, -0.2) is 0 Å². The molecule has 31 heavy (non-hydrogen) atoms. The van der Waals surface area contributed by atoms with E-state index in [1.807, 2.05) is 0 Å². The van der Waals surface area contributed by atoms with Gasteiger partial charge in [0.15, 0.2) is 0 Å². The van der Waals surface area contributed by atoms with Crippen LogP contribution in [0.5, 0.6) is 0 Å². The van der Waals surface area contributed by atoms with Gasteiger partial charge in [-0.2, -0.15) is 9.97 Å². The molecule has 0 unspecified atom stereocenters. The van der Waals surface area contributed by atoms with Gasteiger partial charge in [-0.3, -0.25) is 0 Å². The van der Waals surface area contributed by atoms with Crippen LogP contribution in [-0.4, -0.2) is 96.5 Å². The summed E-state index contributed by atoms with van der Waals surface area (Å²) in [5.74, 6) is 1.84. The highest BCUT2D eigenvalue weighted by Crippen LogP contribution is 2.27. The number of anilines is 2. The lowest BCUT2D eigenvalue weighted by Gasteiger charge is -2.31. The van der Waals surface area contributed by atoms with Gasteiger partial charge in [0.25, 0.3) is 0 Å². The Balaban J connectivity index is 1.37. The van der Waals surface area contributed by atoms with Crippen LogP contribution in [0.4, 0.5) is 11.8 Å². The first-order valence-electron chi connectivity index (χ1n) is 12.1. The van der Waals surface area contributed by atoms with Crippen molar-refractivity contribution < 1.29 is 4.74 Å². The molecule has 0 spiro atoms.